The van der Waals surface area contributed by atoms with E-state index in [1.165, 1.54) is 22.6 Å². The Kier molecular flexibility index (Phi) is 5.75. The van der Waals surface area contributed by atoms with Crippen LogP contribution in [-0.2, 0) is 12.6 Å². The maximum atomic E-state index is 13.8. The van der Waals surface area contributed by atoms with Crippen molar-refractivity contribution in [2.24, 2.45) is 5.92 Å². The highest BCUT2D eigenvalue weighted by Gasteiger charge is 2.43. The Labute approximate surface area is 176 Å². The van der Waals surface area contributed by atoms with E-state index in [-0.39, 0.29) is 5.69 Å². The predicted molar refractivity (Wildman–Crippen MR) is 105 cm³/mol. The highest BCUT2D eigenvalue weighted by atomic mass is 19.4. The first-order chi connectivity index (χ1) is 14.8. The van der Waals surface area contributed by atoms with Crippen LogP contribution in [0, 0.1) is 11.7 Å². The van der Waals surface area contributed by atoms with Crippen LogP contribution < -0.4 is 0 Å². The summed E-state index contributed by atoms with van der Waals surface area (Å²) in [5.41, 5.74) is -1.02. The molecule has 0 aliphatic carbocycles. The lowest BCUT2D eigenvalue weighted by molar-refractivity contribution is -0.143. The first-order valence-electron chi connectivity index (χ1n) is 9.95. The van der Waals surface area contributed by atoms with E-state index in [1.807, 2.05) is 30.3 Å². The van der Waals surface area contributed by atoms with Gasteiger partial charge in [0.25, 0.3) is 5.91 Å². The molecule has 162 valence electrons. The van der Waals surface area contributed by atoms with Gasteiger partial charge in [-0.2, -0.15) is 13.2 Å². The number of nitrogens with zero attached hydrogens (tertiary/aromatic N) is 4. The number of hydrogen-bond acceptors (Lipinski definition) is 3. The first-order valence-corrected chi connectivity index (χ1v) is 9.95. The summed E-state index contributed by atoms with van der Waals surface area (Å²) in [6.45, 7) is 0.695. The van der Waals surface area contributed by atoms with Gasteiger partial charge in [-0.05, 0) is 48.9 Å². The molecule has 1 fully saturated rings. The van der Waals surface area contributed by atoms with Crippen LogP contribution in [0.25, 0.3) is 5.69 Å². The number of carbonyl (C=O) groups excluding carboxylic acids is 1. The quantitative estimate of drug-likeness (QED) is 0.570. The van der Waals surface area contributed by atoms with Gasteiger partial charge in [-0.25, -0.2) is 9.07 Å². The zero-order chi connectivity index (χ0) is 22.0. The monoisotopic (exact) mass is 432 g/mol. The number of amides is 1. The lowest BCUT2D eigenvalue weighted by Crippen LogP contribution is -2.40. The summed E-state index contributed by atoms with van der Waals surface area (Å²) in [4.78, 5) is 14.3. The second kappa shape index (κ2) is 8.49. The molecule has 0 atom stereocenters. The van der Waals surface area contributed by atoms with Crippen LogP contribution in [0.15, 0.2) is 54.6 Å². The van der Waals surface area contributed by atoms with Gasteiger partial charge in [0.15, 0.2) is 11.4 Å². The predicted octanol–water partition coefficient (Wildman–Crippen LogP) is 4.52. The third kappa shape index (κ3) is 4.60. The van der Waals surface area contributed by atoms with Crippen LogP contribution in [0.3, 0.4) is 0 Å². The number of carbonyl (C=O) groups is 1. The number of hydrogen-bond donors (Lipinski definition) is 0. The van der Waals surface area contributed by atoms with Crippen LogP contribution >= 0.6 is 0 Å². The van der Waals surface area contributed by atoms with Crippen LogP contribution in [0.4, 0.5) is 17.6 Å². The normalized spacial score (nSPS) is 15.3. The van der Waals surface area contributed by atoms with E-state index in [1.54, 1.807) is 0 Å². The summed E-state index contributed by atoms with van der Waals surface area (Å²) in [5, 5.41) is 7.04. The molecule has 0 saturated carbocycles. The van der Waals surface area contributed by atoms with Gasteiger partial charge >= 0.3 is 6.18 Å². The summed E-state index contributed by atoms with van der Waals surface area (Å²) in [6, 6.07) is 14.5. The minimum Gasteiger partial charge on any atom is -0.337 e. The Balaban J connectivity index is 1.53. The Bertz CT molecular complexity index is 1060. The van der Waals surface area contributed by atoms with Crippen molar-refractivity contribution < 1.29 is 22.4 Å². The maximum absolute atomic E-state index is 13.8. The summed E-state index contributed by atoms with van der Waals surface area (Å²) in [5.74, 6) is -1.17. The van der Waals surface area contributed by atoms with Gasteiger partial charge in [0, 0.05) is 13.1 Å². The van der Waals surface area contributed by atoms with Crippen molar-refractivity contribution in [3.8, 4) is 5.69 Å². The van der Waals surface area contributed by atoms with E-state index in [0.717, 1.165) is 18.6 Å². The molecule has 4 rings (SSSR count). The topological polar surface area (TPSA) is 51.0 Å². The number of likely N-dealkylation sites (tertiary alicyclic amines) is 1. The number of benzene rings is 2. The molecule has 0 unspecified atom stereocenters. The first kappa shape index (κ1) is 21.0. The van der Waals surface area contributed by atoms with Crippen molar-refractivity contribution in [1.29, 1.82) is 0 Å². The number of piperidine rings is 1. The van der Waals surface area contributed by atoms with Crippen LogP contribution in [0.2, 0.25) is 0 Å². The molecular weight excluding hydrogens is 412 g/mol. The number of aromatic nitrogens is 3. The lowest BCUT2D eigenvalue weighted by Gasteiger charge is -2.31. The second-order valence-corrected chi connectivity index (χ2v) is 7.60. The van der Waals surface area contributed by atoms with Crippen molar-refractivity contribution >= 4 is 5.91 Å². The van der Waals surface area contributed by atoms with Crippen molar-refractivity contribution in [1.82, 2.24) is 19.9 Å². The van der Waals surface area contributed by atoms with Gasteiger partial charge in [-0.1, -0.05) is 41.6 Å². The molecule has 31 heavy (non-hydrogen) atoms. The minimum absolute atomic E-state index is 0.152. The van der Waals surface area contributed by atoms with E-state index in [9.17, 15) is 22.4 Å². The standard InChI is InChI=1S/C22H20F4N4O/c23-17-7-4-8-18(14-17)30-20(22(24,25)26)19(27-28-30)21(31)29-11-9-16(10-12-29)13-15-5-2-1-3-6-15/h1-8,14,16H,9-13H2. The molecule has 9 heteroatoms. The second-order valence-electron chi connectivity index (χ2n) is 7.60. The largest absolute Gasteiger partial charge is 0.435 e. The van der Waals surface area contributed by atoms with Crippen LogP contribution in [0.5, 0.6) is 0 Å². The molecule has 1 aliphatic rings. The molecule has 1 saturated heterocycles. The Morgan fingerprint density at radius 3 is 2.39 bits per heavy atom. The summed E-state index contributed by atoms with van der Waals surface area (Å²) < 4.78 is 55.4. The Hall–Kier alpha value is -3.23. The van der Waals surface area contributed by atoms with Crippen LogP contribution in [0.1, 0.15) is 34.6 Å². The molecule has 2 heterocycles. The van der Waals surface area contributed by atoms with Crippen molar-refractivity contribution in [3.05, 3.63) is 77.4 Å². The fraction of sp³-hybridized carbons (Fsp3) is 0.318. The summed E-state index contributed by atoms with van der Waals surface area (Å²) >= 11 is 0. The fourth-order valence-corrected chi connectivity index (χ4v) is 3.91. The molecule has 2 aromatic carbocycles. The van der Waals surface area contributed by atoms with Gasteiger partial charge in [-0.15, -0.1) is 5.10 Å². The van der Waals surface area contributed by atoms with E-state index in [4.69, 9.17) is 0 Å². The fourth-order valence-electron chi connectivity index (χ4n) is 3.91. The van der Waals surface area contributed by atoms with Gasteiger partial charge < -0.3 is 4.90 Å². The summed E-state index contributed by atoms with van der Waals surface area (Å²) in [6.07, 6.45) is -2.63. The molecule has 1 amide bonds. The number of rotatable bonds is 4. The molecular formula is C22H20F4N4O. The van der Waals surface area contributed by atoms with Gasteiger partial charge in [0.05, 0.1) is 5.69 Å². The highest BCUT2D eigenvalue weighted by molar-refractivity contribution is 5.93. The van der Waals surface area contributed by atoms with E-state index in [0.29, 0.717) is 36.5 Å². The summed E-state index contributed by atoms with van der Waals surface area (Å²) in [7, 11) is 0. The number of halogens is 4. The van der Waals surface area contributed by atoms with E-state index in [2.05, 4.69) is 10.3 Å². The zero-order valence-electron chi connectivity index (χ0n) is 16.5. The van der Waals surface area contributed by atoms with Gasteiger partial charge in [0.1, 0.15) is 5.82 Å². The molecule has 5 nitrogen and oxygen atoms in total. The molecule has 0 N–H and O–H groups in total. The zero-order valence-corrected chi connectivity index (χ0v) is 16.5. The highest BCUT2D eigenvalue weighted by Crippen LogP contribution is 2.34. The van der Waals surface area contributed by atoms with E-state index >= 15 is 0 Å². The molecule has 0 radical (unpaired) electrons. The average molecular weight is 432 g/mol. The Morgan fingerprint density at radius 2 is 1.74 bits per heavy atom. The molecule has 1 aliphatic heterocycles. The van der Waals surface area contributed by atoms with Crippen LogP contribution in [-0.4, -0.2) is 38.9 Å². The third-order valence-corrected chi connectivity index (χ3v) is 5.46. The van der Waals surface area contributed by atoms with Crippen molar-refractivity contribution in [2.75, 3.05) is 13.1 Å². The van der Waals surface area contributed by atoms with Gasteiger partial charge in [-0.3, -0.25) is 4.79 Å². The number of alkyl halides is 3. The van der Waals surface area contributed by atoms with Crippen molar-refractivity contribution in [3.63, 3.8) is 0 Å². The molecule has 3 aromatic rings. The average Bonchev–Trinajstić information content (AvgIpc) is 3.20. The third-order valence-electron chi connectivity index (χ3n) is 5.46. The van der Waals surface area contributed by atoms with E-state index < -0.39 is 29.3 Å². The molecule has 0 bridgehead atoms. The smallest absolute Gasteiger partial charge is 0.337 e. The van der Waals surface area contributed by atoms with Gasteiger partial charge in [0.2, 0.25) is 0 Å². The maximum Gasteiger partial charge on any atom is 0.435 e. The Morgan fingerprint density at radius 1 is 1.03 bits per heavy atom. The van der Waals surface area contributed by atoms with Crippen molar-refractivity contribution in [2.45, 2.75) is 25.4 Å². The molecule has 0 spiro atoms. The lowest BCUT2D eigenvalue weighted by atomic mass is 9.90. The minimum atomic E-state index is -4.88. The SMILES string of the molecule is O=C(c1nnn(-c2cccc(F)c2)c1C(F)(F)F)N1CCC(Cc2ccccc2)CC1. The molecule has 1 aromatic heterocycles.